The van der Waals surface area contributed by atoms with Gasteiger partial charge in [-0.15, -0.1) is 11.3 Å². The standard InChI is InChI=1S/C12H14N2OS/c1-13-7-12-14-11(8-16-12)9-4-3-5-10(6-9)15-2/h3-6,8,13H,7H2,1-2H3. The molecule has 16 heavy (non-hydrogen) atoms. The number of nitrogens with one attached hydrogen (secondary N) is 1. The molecular formula is C12H14N2OS. The van der Waals surface area contributed by atoms with Gasteiger partial charge in [0.05, 0.1) is 12.8 Å². The second-order valence-corrected chi connectivity index (χ2v) is 4.33. The van der Waals surface area contributed by atoms with Crippen LogP contribution >= 0.6 is 11.3 Å². The fourth-order valence-corrected chi connectivity index (χ4v) is 2.27. The van der Waals surface area contributed by atoms with Crippen LogP contribution in [-0.4, -0.2) is 19.1 Å². The van der Waals surface area contributed by atoms with E-state index in [2.05, 4.69) is 15.7 Å². The average Bonchev–Trinajstić information content (AvgIpc) is 2.78. The van der Waals surface area contributed by atoms with Crippen molar-refractivity contribution in [2.75, 3.05) is 14.2 Å². The second kappa shape index (κ2) is 5.09. The molecule has 0 atom stereocenters. The van der Waals surface area contributed by atoms with Gasteiger partial charge in [-0.2, -0.15) is 0 Å². The summed E-state index contributed by atoms with van der Waals surface area (Å²) in [6.07, 6.45) is 0. The number of benzene rings is 1. The van der Waals surface area contributed by atoms with Crippen LogP contribution in [0.1, 0.15) is 5.01 Å². The summed E-state index contributed by atoms with van der Waals surface area (Å²) in [6, 6.07) is 7.95. The molecule has 2 aromatic rings. The average molecular weight is 234 g/mol. The van der Waals surface area contributed by atoms with Crippen LogP contribution in [0, 0.1) is 0 Å². The quantitative estimate of drug-likeness (QED) is 0.882. The SMILES string of the molecule is CNCc1nc(-c2cccc(OC)c2)cs1. The zero-order chi connectivity index (χ0) is 11.4. The smallest absolute Gasteiger partial charge is 0.119 e. The molecular weight excluding hydrogens is 220 g/mol. The lowest BCUT2D eigenvalue weighted by atomic mass is 10.2. The number of thiazole rings is 1. The highest BCUT2D eigenvalue weighted by Gasteiger charge is 2.04. The summed E-state index contributed by atoms with van der Waals surface area (Å²) in [6.45, 7) is 0.814. The van der Waals surface area contributed by atoms with Gasteiger partial charge in [0, 0.05) is 17.5 Å². The van der Waals surface area contributed by atoms with Crippen LogP contribution in [0.5, 0.6) is 5.75 Å². The first-order valence-corrected chi connectivity index (χ1v) is 5.95. The largest absolute Gasteiger partial charge is 0.497 e. The molecule has 2 rings (SSSR count). The van der Waals surface area contributed by atoms with Gasteiger partial charge in [0.15, 0.2) is 0 Å². The summed E-state index contributed by atoms with van der Waals surface area (Å²) in [5.41, 5.74) is 2.10. The van der Waals surface area contributed by atoms with Crippen molar-refractivity contribution in [2.24, 2.45) is 0 Å². The lowest BCUT2D eigenvalue weighted by molar-refractivity contribution is 0.415. The summed E-state index contributed by atoms with van der Waals surface area (Å²) in [5.74, 6) is 0.862. The van der Waals surface area contributed by atoms with Gasteiger partial charge in [-0.1, -0.05) is 12.1 Å². The molecule has 0 amide bonds. The molecule has 0 unspecified atom stereocenters. The van der Waals surface area contributed by atoms with Gasteiger partial charge < -0.3 is 10.1 Å². The Kier molecular flexibility index (Phi) is 3.54. The summed E-state index contributed by atoms with van der Waals surface area (Å²) in [7, 11) is 3.60. The van der Waals surface area contributed by atoms with Crippen molar-refractivity contribution in [3.63, 3.8) is 0 Å². The second-order valence-electron chi connectivity index (χ2n) is 3.39. The number of hydrogen-bond donors (Lipinski definition) is 1. The van der Waals surface area contributed by atoms with E-state index in [-0.39, 0.29) is 0 Å². The predicted molar refractivity (Wildman–Crippen MR) is 66.9 cm³/mol. The maximum atomic E-state index is 5.19. The van der Waals surface area contributed by atoms with E-state index < -0.39 is 0 Å². The lowest BCUT2D eigenvalue weighted by Gasteiger charge is -2.01. The van der Waals surface area contributed by atoms with Gasteiger partial charge in [-0.05, 0) is 19.2 Å². The minimum atomic E-state index is 0.814. The van der Waals surface area contributed by atoms with E-state index >= 15 is 0 Å². The van der Waals surface area contributed by atoms with Gasteiger partial charge in [-0.3, -0.25) is 0 Å². The van der Waals surface area contributed by atoms with Gasteiger partial charge in [0.1, 0.15) is 10.8 Å². The Hall–Kier alpha value is -1.39. The number of hydrogen-bond acceptors (Lipinski definition) is 4. The Morgan fingerprint density at radius 1 is 1.44 bits per heavy atom. The number of ether oxygens (including phenoxy) is 1. The lowest BCUT2D eigenvalue weighted by Crippen LogP contribution is -2.04. The van der Waals surface area contributed by atoms with Crippen molar-refractivity contribution in [1.29, 1.82) is 0 Å². The van der Waals surface area contributed by atoms with Crippen LogP contribution in [0.2, 0.25) is 0 Å². The van der Waals surface area contributed by atoms with Crippen LogP contribution < -0.4 is 10.1 Å². The van der Waals surface area contributed by atoms with Crippen LogP contribution in [0.25, 0.3) is 11.3 Å². The monoisotopic (exact) mass is 234 g/mol. The first-order valence-electron chi connectivity index (χ1n) is 5.07. The Balaban J connectivity index is 2.27. The molecule has 0 saturated heterocycles. The Bertz CT molecular complexity index is 468. The van der Waals surface area contributed by atoms with Crippen molar-refractivity contribution in [1.82, 2.24) is 10.3 Å². The fourth-order valence-electron chi connectivity index (χ4n) is 1.46. The Morgan fingerprint density at radius 3 is 3.06 bits per heavy atom. The molecule has 1 heterocycles. The van der Waals surface area contributed by atoms with E-state index in [1.807, 2.05) is 31.3 Å². The van der Waals surface area contributed by atoms with Gasteiger partial charge in [0.2, 0.25) is 0 Å². The topological polar surface area (TPSA) is 34.2 Å². The zero-order valence-corrected chi connectivity index (χ0v) is 10.2. The molecule has 0 aliphatic carbocycles. The van der Waals surface area contributed by atoms with E-state index in [9.17, 15) is 0 Å². The van der Waals surface area contributed by atoms with Crippen molar-refractivity contribution >= 4 is 11.3 Å². The van der Waals surface area contributed by atoms with Crippen molar-refractivity contribution in [3.05, 3.63) is 34.7 Å². The highest BCUT2D eigenvalue weighted by Crippen LogP contribution is 2.25. The van der Waals surface area contributed by atoms with E-state index in [1.165, 1.54) is 0 Å². The summed E-state index contributed by atoms with van der Waals surface area (Å²) < 4.78 is 5.19. The number of nitrogens with zero attached hydrogens (tertiary/aromatic N) is 1. The van der Waals surface area contributed by atoms with E-state index in [0.717, 1.165) is 28.6 Å². The minimum Gasteiger partial charge on any atom is -0.497 e. The van der Waals surface area contributed by atoms with E-state index in [1.54, 1.807) is 18.4 Å². The first-order chi connectivity index (χ1) is 7.83. The molecule has 3 nitrogen and oxygen atoms in total. The molecule has 0 aliphatic rings. The molecule has 0 saturated carbocycles. The molecule has 1 aromatic heterocycles. The van der Waals surface area contributed by atoms with Crippen molar-refractivity contribution < 1.29 is 4.74 Å². The molecule has 1 N–H and O–H groups in total. The summed E-state index contributed by atoms with van der Waals surface area (Å²) in [4.78, 5) is 4.55. The Morgan fingerprint density at radius 2 is 2.31 bits per heavy atom. The summed E-state index contributed by atoms with van der Waals surface area (Å²) >= 11 is 1.67. The molecule has 4 heteroatoms. The normalized spacial score (nSPS) is 10.4. The van der Waals surface area contributed by atoms with Gasteiger partial charge in [0.25, 0.3) is 0 Å². The maximum absolute atomic E-state index is 5.19. The molecule has 0 fully saturated rings. The van der Waals surface area contributed by atoms with Gasteiger partial charge >= 0.3 is 0 Å². The molecule has 0 bridgehead atoms. The third-order valence-electron chi connectivity index (χ3n) is 2.25. The highest BCUT2D eigenvalue weighted by atomic mass is 32.1. The van der Waals surface area contributed by atoms with Crippen LogP contribution in [0.15, 0.2) is 29.6 Å². The molecule has 0 spiro atoms. The highest BCUT2D eigenvalue weighted by molar-refractivity contribution is 7.09. The number of aromatic nitrogens is 1. The number of rotatable bonds is 4. The van der Waals surface area contributed by atoms with Crippen molar-refractivity contribution in [3.8, 4) is 17.0 Å². The minimum absolute atomic E-state index is 0.814. The molecule has 0 radical (unpaired) electrons. The van der Waals surface area contributed by atoms with Crippen LogP contribution in [0.4, 0.5) is 0 Å². The van der Waals surface area contributed by atoms with Gasteiger partial charge in [-0.25, -0.2) is 4.98 Å². The fraction of sp³-hybridized carbons (Fsp3) is 0.250. The third kappa shape index (κ3) is 2.40. The van der Waals surface area contributed by atoms with E-state index in [0.29, 0.717) is 0 Å². The van der Waals surface area contributed by atoms with Crippen molar-refractivity contribution in [2.45, 2.75) is 6.54 Å². The van der Waals surface area contributed by atoms with Crippen LogP contribution in [0.3, 0.4) is 0 Å². The van der Waals surface area contributed by atoms with E-state index in [4.69, 9.17) is 4.74 Å². The molecule has 0 aliphatic heterocycles. The zero-order valence-electron chi connectivity index (χ0n) is 9.36. The summed E-state index contributed by atoms with van der Waals surface area (Å²) in [5, 5.41) is 6.26. The Labute approximate surface area is 99.1 Å². The molecule has 1 aromatic carbocycles. The third-order valence-corrected chi connectivity index (χ3v) is 3.09. The maximum Gasteiger partial charge on any atom is 0.119 e. The van der Waals surface area contributed by atoms with Crippen LogP contribution in [-0.2, 0) is 6.54 Å². The first kappa shape index (κ1) is 11.1. The predicted octanol–water partition coefficient (Wildman–Crippen LogP) is 2.54. The molecule has 84 valence electrons. The number of methoxy groups -OCH3 is 1.